The van der Waals surface area contributed by atoms with Crippen molar-refractivity contribution in [1.29, 1.82) is 0 Å². The zero-order chi connectivity index (χ0) is 26.6. The lowest BCUT2D eigenvalue weighted by atomic mass is 9.85. The molecule has 9 heteroatoms. The van der Waals surface area contributed by atoms with E-state index in [1.807, 2.05) is 0 Å². The van der Waals surface area contributed by atoms with Crippen LogP contribution in [0.15, 0.2) is 54.6 Å². The van der Waals surface area contributed by atoms with E-state index < -0.39 is 62.6 Å². The molecular formula is C28H15F7O2. The molecule has 0 aliphatic rings. The molecule has 0 amide bonds. The molecule has 188 valence electrons. The SMILES string of the molecule is COc1ccc(-c2c3cc(F)ccc3c(-c3c(F)cc(OC)cc3F)c3c(F)c(F)c(F)c(F)c23)cc1. The van der Waals surface area contributed by atoms with Gasteiger partial charge in [0.2, 0.25) is 0 Å². The van der Waals surface area contributed by atoms with Crippen LogP contribution in [-0.2, 0) is 0 Å². The van der Waals surface area contributed by atoms with E-state index in [1.54, 1.807) is 0 Å². The Labute approximate surface area is 205 Å². The quantitative estimate of drug-likeness (QED) is 0.104. The number of ether oxygens (including phenoxy) is 2. The van der Waals surface area contributed by atoms with Crippen LogP contribution in [0, 0.1) is 40.7 Å². The number of rotatable bonds is 4. The molecule has 0 fully saturated rings. The maximum atomic E-state index is 15.5. The van der Waals surface area contributed by atoms with Gasteiger partial charge in [-0.3, -0.25) is 0 Å². The molecule has 0 atom stereocenters. The molecule has 0 radical (unpaired) electrons. The first-order valence-electron chi connectivity index (χ1n) is 10.8. The van der Waals surface area contributed by atoms with E-state index >= 15 is 17.6 Å². The minimum atomic E-state index is -2.16. The number of benzene rings is 5. The molecule has 0 saturated carbocycles. The molecule has 0 bridgehead atoms. The van der Waals surface area contributed by atoms with Gasteiger partial charge in [-0.05, 0) is 40.6 Å². The van der Waals surface area contributed by atoms with Crippen molar-refractivity contribution in [1.82, 2.24) is 0 Å². The van der Waals surface area contributed by atoms with Crippen LogP contribution in [0.5, 0.6) is 11.5 Å². The Morgan fingerprint density at radius 3 is 1.57 bits per heavy atom. The highest BCUT2D eigenvalue weighted by atomic mass is 19.2. The van der Waals surface area contributed by atoms with E-state index in [4.69, 9.17) is 9.47 Å². The molecule has 0 spiro atoms. The van der Waals surface area contributed by atoms with E-state index in [2.05, 4.69) is 0 Å². The molecule has 5 aromatic rings. The maximum Gasteiger partial charge on any atom is 0.198 e. The van der Waals surface area contributed by atoms with Gasteiger partial charge in [-0.1, -0.05) is 18.2 Å². The summed E-state index contributed by atoms with van der Waals surface area (Å²) >= 11 is 0. The fourth-order valence-electron chi connectivity index (χ4n) is 4.54. The summed E-state index contributed by atoms with van der Waals surface area (Å²) in [4.78, 5) is 0. The summed E-state index contributed by atoms with van der Waals surface area (Å²) in [5.74, 6) is -11.1. The lowest BCUT2D eigenvalue weighted by molar-refractivity contribution is 0.407. The first-order valence-corrected chi connectivity index (χ1v) is 10.8. The van der Waals surface area contributed by atoms with Gasteiger partial charge < -0.3 is 9.47 Å². The Hall–Kier alpha value is -4.27. The van der Waals surface area contributed by atoms with Crippen molar-refractivity contribution in [3.63, 3.8) is 0 Å². The summed E-state index contributed by atoms with van der Waals surface area (Å²) in [6, 6.07) is 10.4. The Bertz CT molecular complexity index is 1690. The van der Waals surface area contributed by atoms with Gasteiger partial charge in [0, 0.05) is 34.0 Å². The lowest BCUT2D eigenvalue weighted by Gasteiger charge is -2.20. The zero-order valence-corrected chi connectivity index (χ0v) is 19.2. The fourth-order valence-corrected chi connectivity index (χ4v) is 4.54. The van der Waals surface area contributed by atoms with Crippen molar-refractivity contribution in [3.05, 3.63) is 95.3 Å². The molecule has 0 unspecified atom stereocenters. The molecule has 2 nitrogen and oxygen atoms in total. The van der Waals surface area contributed by atoms with Gasteiger partial charge in [0.25, 0.3) is 0 Å². The minimum absolute atomic E-state index is 0.119. The second-order valence-electron chi connectivity index (χ2n) is 8.14. The second-order valence-corrected chi connectivity index (χ2v) is 8.14. The average molecular weight is 516 g/mol. The van der Waals surface area contributed by atoms with Gasteiger partial charge in [0.15, 0.2) is 23.3 Å². The van der Waals surface area contributed by atoms with Crippen LogP contribution < -0.4 is 9.47 Å². The summed E-state index contributed by atoms with van der Waals surface area (Å²) in [5.41, 5.74) is -1.52. The number of halogens is 7. The van der Waals surface area contributed by atoms with Gasteiger partial charge in [-0.25, -0.2) is 30.7 Å². The Morgan fingerprint density at radius 1 is 0.486 bits per heavy atom. The highest BCUT2D eigenvalue weighted by Gasteiger charge is 2.30. The van der Waals surface area contributed by atoms with E-state index in [-0.39, 0.29) is 27.6 Å². The second kappa shape index (κ2) is 8.99. The van der Waals surface area contributed by atoms with Crippen LogP contribution in [0.4, 0.5) is 30.7 Å². The third kappa shape index (κ3) is 3.73. The van der Waals surface area contributed by atoms with Crippen molar-refractivity contribution in [2.75, 3.05) is 14.2 Å². The van der Waals surface area contributed by atoms with Crippen LogP contribution in [-0.4, -0.2) is 14.2 Å². The molecule has 0 heterocycles. The Kier molecular flexibility index (Phi) is 5.94. The Morgan fingerprint density at radius 2 is 1.03 bits per heavy atom. The smallest absolute Gasteiger partial charge is 0.198 e. The summed E-state index contributed by atoms with van der Waals surface area (Å²) in [6.07, 6.45) is 0. The van der Waals surface area contributed by atoms with Gasteiger partial charge in [-0.2, -0.15) is 0 Å². The lowest BCUT2D eigenvalue weighted by Crippen LogP contribution is -2.04. The minimum Gasteiger partial charge on any atom is -0.497 e. The summed E-state index contributed by atoms with van der Waals surface area (Å²) < 4.78 is 115. The normalized spacial score (nSPS) is 11.4. The third-order valence-corrected chi connectivity index (χ3v) is 6.17. The van der Waals surface area contributed by atoms with Crippen LogP contribution in [0.1, 0.15) is 0 Å². The zero-order valence-electron chi connectivity index (χ0n) is 19.2. The first-order chi connectivity index (χ1) is 17.7. The van der Waals surface area contributed by atoms with Crippen molar-refractivity contribution < 1.29 is 40.2 Å². The number of hydrogen-bond acceptors (Lipinski definition) is 2. The molecule has 0 aliphatic carbocycles. The van der Waals surface area contributed by atoms with Crippen molar-refractivity contribution in [2.45, 2.75) is 0 Å². The summed E-state index contributed by atoms with van der Waals surface area (Å²) in [7, 11) is 2.56. The monoisotopic (exact) mass is 516 g/mol. The van der Waals surface area contributed by atoms with Gasteiger partial charge >= 0.3 is 0 Å². The number of hydrogen-bond donors (Lipinski definition) is 0. The fraction of sp³-hybridized carbons (Fsp3) is 0.0714. The van der Waals surface area contributed by atoms with Crippen LogP contribution in [0.2, 0.25) is 0 Å². The molecule has 0 aromatic heterocycles. The third-order valence-electron chi connectivity index (χ3n) is 6.17. The van der Waals surface area contributed by atoms with Crippen LogP contribution >= 0.6 is 0 Å². The molecule has 5 rings (SSSR count). The van der Waals surface area contributed by atoms with E-state index in [0.29, 0.717) is 5.75 Å². The number of fused-ring (bicyclic) bond motifs is 2. The van der Waals surface area contributed by atoms with Crippen molar-refractivity contribution in [2.24, 2.45) is 0 Å². The molecule has 0 N–H and O–H groups in total. The maximum absolute atomic E-state index is 15.5. The predicted octanol–water partition coefficient (Wildman–Crippen LogP) is 8.32. The van der Waals surface area contributed by atoms with E-state index in [9.17, 15) is 13.2 Å². The predicted molar refractivity (Wildman–Crippen MR) is 125 cm³/mol. The van der Waals surface area contributed by atoms with Crippen LogP contribution in [0.25, 0.3) is 43.8 Å². The van der Waals surface area contributed by atoms with Crippen LogP contribution in [0.3, 0.4) is 0 Å². The molecule has 5 aromatic carbocycles. The average Bonchev–Trinajstić information content (AvgIpc) is 2.89. The topological polar surface area (TPSA) is 18.5 Å². The first kappa shape index (κ1) is 24.4. The Balaban J connectivity index is 2.10. The van der Waals surface area contributed by atoms with Crippen molar-refractivity contribution >= 4 is 21.5 Å². The molecule has 0 aliphatic heterocycles. The summed E-state index contributed by atoms with van der Waals surface area (Å²) in [6.45, 7) is 0. The largest absolute Gasteiger partial charge is 0.497 e. The molecule has 37 heavy (non-hydrogen) atoms. The highest BCUT2D eigenvalue weighted by molar-refractivity contribution is 6.21. The van der Waals surface area contributed by atoms with E-state index in [0.717, 1.165) is 37.4 Å². The van der Waals surface area contributed by atoms with Gasteiger partial charge in [0.1, 0.15) is 29.0 Å². The van der Waals surface area contributed by atoms with E-state index in [1.165, 1.54) is 31.4 Å². The van der Waals surface area contributed by atoms with Crippen molar-refractivity contribution in [3.8, 4) is 33.8 Å². The highest BCUT2D eigenvalue weighted by Crippen LogP contribution is 2.48. The summed E-state index contributed by atoms with van der Waals surface area (Å²) in [5, 5.41) is -1.98. The standard InChI is InChI=1S/C28H15F7O2/c1-36-14-6-3-12(4-7-14)20-17-9-13(29)5-8-16(17)21(22-18(30)10-15(37-2)11-19(22)31)24-23(20)25(32)27(34)28(35)26(24)33/h3-11H,1-2H3. The molecular weight excluding hydrogens is 501 g/mol. The number of methoxy groups -OCH3 is 2. The van der Waals surface area contributed by atoms with Gasteiger partial charge in [-0.15, -0.1) is 0 Å². The molecule has 0 saturated heterocycles. The van der Waals surface area contributed by atoms with Gasteiger partial charge in [0.05, 0.1) is 19.8 Å².